The Bertz CT molecular complexity index is 1560. The van der Waals surface area contributed by atoms with Crippen molar-refractivity contribution in [1.82, 2.24) is 24.5 Å². The second-order valence-electron chi connectivity index (χ2n) is 8.28. The van der Waals surface area contributed by atoms with Crippen LogP contribution in [0.1, 0.15) is 11.1 Å². The lowest BCUT2D eigenvalue weighted by Crippen LogP contribution is -2.35. The zero-order chi connectivity index (χ0) is 25.1. The van der Waals surface area contributed by atoms with E-state index in [1.165, 1.54) is 6.20 Å². The largest absolute Gasteiger partial charge is 0.459 e. The molecule has 0 saturated carbocycles. The number of nitrogens with zero attached hydrogens (tertiary/aromatic N) is 3. The molecule has 0 amide bonds. The molecule has 5 rings (SSSR count). The van der Waals surface area contributed by atoms with E-state index in [4.69, 9.17) is 4.74 Å². The van der Waals surface area contributed by atoms with Gasteiger partial charge in [-0.05, 0) is 36.2 Å². The topological polar surface area (TPSA) is 138 Å². The number of rotatable bonds is 8. The fourth-order valence-electron chi connectivity index (χ4n) is 3.98. The Morgan fingerprint density at radius 2 is 2.06 bits per heavy atom. The van der Waals surface area contributed by atoms with Crippen LogP contribution in [0.25, 0.3) is 28.1 Å². The number of hydrogen-bond acceptors (Lipinski definition) is 7. The van der Waals surface area contributed by atoms with E-state index in [1.807, 2.05) is 60.2 Å². The average molecular weight is 485 g/mol. The maximum absolute atomic E-state index is 12.9. The average Bonchev–Trinajstić information content (AvgIpc) is 3.57. The van der Waals surface area contributed by atoms with E-state index in [0.29, 0.717) is 17.0 Å². The van der Waals surface area contributed by atoms with E-state index in [0.717, 1.165) is 22.3 Å². The summed E-state index contributed by atoms with van der Waals surface area (Å²) in [5, 5.41) is 12.8. The molecule has 1 atom stereocenters. The van der Waals surface area contributed by atoms with Crippen molar-refractivity contribution in [2.24, 2.45) is 0 Å². The number of benzene rings is 2. The predicted molar refractivity (Wildman–Crippen MR) is 135 cm³/mol. The van der Waals surface area contributed by atoms with E-state index in [1.54, 1.807) is 18.6 Å². The maximum atomic E-state index is 12.9. The van der Waals surface area contributed by atoms with Crippen molar-refractivity contribution in [1.29, 1.82) is 0 Å². The molecule has 10 nitrogen and oxygen atoms in total. The first-order valence-electron chi connectivity index (χ1n) is 11.3. The van der Waals surface area contributed by atoms with Gasteiger partial charge in [0.2, 0.25) is 0 Å². The van der Waals surface area contributed by atoms with Gasteiger partial charge < -0.3 is 29.7 Å². The summed E-state index contributed by atoms with van der Waals surface area (Å²) in [6.45, 7) is 1.49. The van der Waals surface area contributed by atoms with Gasteiger partial charge in [-0.25, -0.2) is 14.8 Å². The van der Waals surface area contributed by atoms with Crippen molar-refractivity contribution in [2.75, 3.05) is 11.9 Å². The molecular formula is C26H24N6O4. The van der Waals surface area contributed by atoms with Crippen molar-refractivity contribution < 1.29 is 14.6 Å². The van der Waals surface area contributed by atoms with Crippen LogP contribution in [0.5, 0.6) is 0 Å². The van der Waals surface area contributed by atoms with Gasteiger partial charge in [-0.2, -0.15) is 0 Å². The monoisotopic (exact) mass is 484 g/mol. The Kier molecular flexibility index (Phi) is 6.33. The second kappa shape index (κ2) is 9.88. The van der Waals surface area contributed by atoms with Crippen LogP contribution < -0.4 is 10.9 Å². The number of fused-ring (bicyclic) bond motifs is 1. The summed E-state index contributed by atoms with van der Waals surface area (Å²) in [5.74, 6) is -0.312. The third kappa shape index (κ3) is 4.62. The van der Waals surface area contributed by atoms with Crippen molar-refractivity contribution in [3.8, 4) is 17.1 Å². The quantitative estimate of drug-likeness (QED) is 0.249. The van der Waals surface area contributed by atoms with E-state index >= 15 is 0 Å². The summed E-state index contributed by atoms with van der Waals surface area (Å²) in [7, 11) is 0. The van der Waals surface area contributed by atoms with E-state index in [2.05, 4.69) is 25.3 Å². The molecule has 0 spiro atoms. The van der Waals surface area contributed by atoms with E-state index < -0.39 is 24.2 Å². The molecule has 36 heavy (non-hydrogen) atoms. The number of anilines is 1. The number of ether oxygens (including phenoxy) is 1. The SMILES string of the molecule is Cc1cc(-n2ccnc2)cc2[nH]c(-c3c(N[C@@H](CO)C(=O)OCc4ccccc4)cc[nH]c3=O)nc12. The second-order valence-corrected chi connectivity index (χ2v) is 8.28. The van der Waals surface area contributed by atoms with Gasteiger partial charge in [0.1, 0.15) is 24.0 Å². The number of aryl methyl sites for hydroxylation is 1. The molecule has 10 heteroatoms. The first-order valence-corrected chi connectivity index (χ1v) is 11.3. The van der Waals surface area contributed by atoms with Crippen LogP contribution in [0.15, 0.2) is 78.2 Å². The fraction of sp³-hybridized carbons (Fsp3) is 0.154. The Morgan fingerprint density at radius 3 is 2.81 bits per heavy atom. The standard InChI is InChI=1S/C26H24N6O4/c1-16-11-18(32-10-9-27-15-32)12-20-23(16)31-24(30-20)22-19(7-8-28-25(22)34)29-21(13-33)26(35)36-14-17-5-3-2-4-6-17/h2-12,15,21,33H,13-14H2,1H3,(H,30,31)(H2,28,29,34)/t21-/m0/s1. The minimum atomic E-state index is -1.08. The molecule has 0 bridgehead atoms. The number of carbonyl (C=O) groups is 1. The normalized spacial score (nSPS) is 11.9. The summed E-state index contributed by atoms with van der Waals surface area (Å²) >= 11 is 0. The number of nitrogens with one attached hydrogen (secondary N) is 3. The summed E-state index contributed by atoms with van der Waals surface area (Å²) in [6.07, 6.45) is 6.70. The number of esters is 1. The highest BCUT2D eigenvalue weighted by atomic mass is 16.5. The number of H-pyrrole nitrogens is 2. The summed E-state index contributed by atoms with van der Waals surface area (Å²) < 4.78 is 7.24. The summed E-state index contributed by atoms with van der Waals surface area (Å²) in [6, 6.07) is 13.7. The fourth-order valence-corrected chi connectivity index (χ4v) is 3.98. The number of aliphatic hydroxyl groups excluding tert-OH is 1. The van der Waals surface area contributed by atoms with Crippen molar-refractivity contribution >= 4 is 22.7 Å². The lowest BCUT2D eigenvalue weighted by atomic mass is 10.2. The minimum Gasteiger partial charge on any atom is -0.459 e. The van der Waals surface area contributed by atoms with E-state index in [-0.39, 0.29) is 12.2 Å². The van der Waals surface area contributed by atoms with Gasteiger partial charge in [-0.1, -0.05) is 30.3 Å². The number of aliphatic hydroxyl groups is 1. The first-order chi connectivity index (χ1) is 17.5. The maximum Gasteiger partial charge on any atom is 0.331 e. The third-order valence-electron chi connectivity index (χ3n) is 5.78. The molecule has 0 saturated heterocycles. The molecule has 4 N–H and O–H groups in total. The Hall–Kier alpha value is -4.70. The molecule has 3 aromatic heterocycles. The molecule has 0 radical (unpaired) electrons. The number of imidazole rings is 2. The predicted octanol–water partition coefficient (Wildman–Crippen LogP) is 2.93. The Balaban J connectivity index is 1.44. The highest BCUT2D eigenvalue weighted by Gasteiger charge is 2.23. The molecule has 5 aromatic rings. The van der Waals surface area contributed by atoms with Gasteiger partial charge in [0.15, 0.2) is 0 Å². The molecule has 3 heterocycles. The molecule has 0 unspecified atom stereocenters. The first kappa shape index (κ1) is 23.1. The Morgan fingerprint density at radius 1 is 1.22 bits per heavy atom. The van der Waals surface area contributed by atoms with Gasteiger partial charge in [0, 0.05) is 24.3 Å². The van der Waals surface area contributed by atoms with Gasteiger partial charge in [-0.3, -0.25) is 4.79 Å². The van der Waals surface area contributed by atoms with Crippen LogP contribution in [-0.2, 0) is 16.1 Å². The third-order valence-corrected chi connectivity index (χ3v) is 5.78. The molecule has 0 fully saturated rings. The van der Waals surface area contributed by atoms with Crippen molar-refractivity contribution in [2.45, 2.75) is 19.6 Å². The van der Waals surface area contributed by atoms with E-state index in [9.17, 15) is 14.7 Å². The summed E-state index contributed by atoms with van der Waals surface area (Å²) in [4.78, 5) is 40.1. The molecule has 0 aliphatic carbocycles. The number of hydrogen-bond donors (Lipinski definition) is 4. The van der Waals surface area contributed by atoms with Gasteiger partial charge in [0.05, 0.1) is 29.7 Å². The van der Waals surface area contributed by atoms with Crippen LogP contribution in [0.3, 0.4) is 0 Å². The number of aromatic amines is 2. The Labute approximate surface area is 205 Å². The van der Waals surface area contributed by atoms with Crippen molar-refractivity contribution in [3.63, 3.8) is 0 Å². The minimum absolute atomic E-state index is 0.0716. The zero-order valence-corrected chi connectivity index (χ0v) is 19.4. The number of pyridine rings is 1. The van der Waals surface area contributed by atoms with Gasteiger partial charge >= 0.3 is 5.97 Å². The van der Waals surface area contributed by atoms with Crippen LogP contribution in [-0.4, -0.2) is 48.2 Å². The van der Waals surface area contributed by atoms with Crippen LogP contribution >= 0.6 is 0 Å². The van der Waals surface area contributed by atoms with Crippen LogP contribution in [0.4, 0.5) is 5.69 Å². The number of carbonyl (C=O) groups excluding carboxylic acids is 1. The lowest BCUT2D eigenvalue weighted by Gasteiger charge is -2.18. The van der Waals surface area contributed by atoms with Crippen LogP contribution in [0.2, 0.25) is 0 Å². The highest BCUT2D eigenvalue weighted by Crippen LogP contribution is 2.28. The molecule has 182 valence electrons. The summed E-state index contributed by atoms with van der Waals surface area (Å²) in [5.41, 5.74) is 4.24. The smallest absolute Gasteiger partial charge is 0.331 e. The molecule has 0 aliphatic rings. The molecule has 2 aromatic carbocycles. The lowest BCUT2D eigenvalue weighted by molar-refractivity contribution is -0.146. The highest BCUT2D eigenvalue weighted by molar-refractivity contribution is 5.87. The van der Waals surface area contributed by atoms with Gasteiger partial charge in [0.25, 0.3) is 5.56 Å². The van der Waals surface area contributed by atoms with Crippen LogP contribution in [0, 0.1) is 6.92 Å². The number of aromatic nitrogens is 5. The molecular weight excluding hydrogens is 460 g/mol. The van der Waals surface area contributed by atoms with Crippen molar-refractivity contribution in [3.05, 3.63) is 94.9 Å². The van der Waals surface area contributed by atoms with Gasteiger partial charge in [-0.15, -0.1) is 0 Å². The molecule has 0 aliphatic heterocycles. The zero-order valence-electron chi connectivity index (χ0n) is 19.4.